The van der Waals surface area contributed by atoms with E-state index < -0.39 is 0 Å². The van der Waals surface area contributed by atoms with Crippen molar-refractivity contribution in [2.45, 2.75) is 44.5 Å². The van der Waals surface area contributed by atoms with Gasteiger partial charge in [-0.3, -0.25) is 4.79 Å². The van der Waals surface area contributed by atoms with Gasteiger partial charge in [0.05, 0.1) is 5.25 Å². The Morgan fingerprint density at radius 1 is 1.41 bits per heavy atom. The fourth-order valence-corrected chi connectivity index (χ4v) is 2.75. The van der Waals surface area contributed by atoms with E-state index in [1.807, 2.05) is 45.9 Å². The Morgan fingerprint density at radius 2 is 2.14 bits per heavy atom. The van der Waals surface area contributed by atoms with E-state index in [9.17, 15) is 4.79 Å². The molecule has 0 radical (unpaired) electrons. The lowest BCUT2D eigenvalue weighted by Gasteiger charge is -2.14. The van der Waals surface area contributed by atoms with Gasteiger partial charge in [0.15, 0.2) is 5.82 Å². The zero-order valence-electron chi connectivity index (χ0n) is 13.3. The van der Waals surface area contributed by atoms with E-state index in [1.54, 1.807) is 0 Å². The van der Waals surface area contributed by atoms with Gasteiger partial charge in [0.2, 0.25) is 11.1 Å². The Bertz CT molecular complexity index is 683. The van der Waals surface area contributed by atoms with Crippen LogP contribution in [-0.4, -0.2) is 26.0 Å². The molecule has 3 N–H and O–H groups in total. The summed E-state index contributed by atoms with van der Waals surface area (Å²) in [5, 5.41) is 11.2. The summed E-state index contributed by atoms with van der Waals surface area (Å²) < 4.78 is 1.44. The van der Waals surface area contributed by atoms with Crippen LogP contribution in [0.2, 0.25) is 0 Å². The summed E-state index contributed by atoms with van der Waals surface area (Å²) in [5.41, 5.74) is 3.05. The molecule has 6 nitrogen and oxygen atoms in total. The van der Waals surface area contributed by atoms with Crippen LogP contribution in [0.5, 0.6) is 0 Å². The van der Waals surface area contributed by atoms with E-state index in [-0.39, 0.29) is 11.2 Å². The van der Waals surface area contributed by atoms with Crippen LogP contribution in [0, 0.1) is 13.8 Å². The number of rotatable bonds is 5. The van der Waals surface area contributed by atoms with Crippen molar-refractivity contribution in [3.8, 4) is 0 Å². The Balaban J connectivity index is 2.06. The normalized spacial score (nSPS) is 12.2. The summed E-state index contributed by atoms with van der Waals surface area (Å²) in [6.45, 7) is 7.79. The molecular formula is C15H21N5OS. The largest absolute Gasteiger partial charge is 0.336 e. The average molecular weight is 319 g/mol. The number of aryl methyl sites for hydroxylation is 2. The molecule has 1 unspecified atom stereocenters. The van der Waals surface area contributed by atoms with Gasteiger partial charge in [0, 0.05) is 12.1 Å². The van der Waals surface area contributed by atoms with E-state index in [1.165, 1.54) is 16.4 Å². The first-order valence-corrected chi connectivity index (χ1v) is 8.05. The number of thioether (sulfide) groups is 1. The van der Waals surface area contributed by atoms with Crippen LogP contribution >= 0.6 is 11.8 Å². The van der Waals surface area contributed by atoms with E-state index in [2.05, 4.69) is 15.5 Å². The summed E-state index contributed by atoms with van der Waals surface area (Å²) in [5.74, 6) is 6.51. The van der Waals surface area contributed by atoms with E-state index in [0.29, 0.717) is 17.4 Å². The van der Waals surface area contributed by atoms with Crippen LogP contribution in [0.4, 0.5) is 5.69 Å². The summed E-state index contributed by atoms with van der Waals surface area (Å²) in [6.07, 6.45) is 0.702. The van der Waals surface area contributed by atoms with Crippen molar-refractivity contribution in [3.63, 3.8) is 0 Å². The summed E-state index contributed by atoms with van der Waals surface area (Å²) in [6, 6.07) is 5.85. The summed E-state index contributed by atoms with van der Waals surface area (Å²) in [4.78, 5) is 12.3. The van der Waals surface area contributed by atoms with E-state index >= 15 is 0 Å². The minimum atomic E-state index is -0.323. The second kappa shape index (κ2) is 6.83. The molecule has 2 rings (SSSR count). The van der Waals surface area contributed by atoms with Crippen molar-refractivity contribution in [2.75, 3.05) is 11.2 Å². The van der Waals surface area contributed by atoms with Crippen LogP contribution in [0.1, 0.15) is 30.8 Å². The van der Waals surface area contributed by atoms with Crippen molar-refractivity contribution in [1.29, 1.82) is 0 Å². The number of nitrogens with zero attached hydrogens (tertiary/aromatic N) is 3. The Hall–Kier alpha value is -2.02. The number of hydrogen-bond acceptors (Lipinski definition) is 5. The topological polar surface area (TPSA) is 85.8 Å². The molecule has 1 heterocycles. The highest BCUT2D eigenvalue weighted by atomic mass is 32.2. The zero-order chi connectivity index (χ0) is 16.3. The first-order chi connectivity index (χ1) is 10.4. The van der Waals surface area contributed by atoms with E-state index in [0.717, 1.165) is 16.8 Å². The molecule has 0 aliphatic carbocycles. The number of carbonyl (C=O) groups is 1. The summed E-state index contributed by atoms with van der Waals surface area (Å²) >= 11 is 1.30. The lowest BCUT2D eigenvalue weighted by Crippen LogP contribution is -2.24. The van der Waals surface area contributed by atoms with Crippen molar-refractivity contribution in [2.24, 2.45) is 0 Å². The highest BCUT2D eigenvalue weighted by Gasteiger charge is 2.19. The van der Waals surface area contributed by atoms with Gasteiger partial charge in [-0.05, 0) is 38.0 Å². The number of nitrogens with one attached hydrogen (secondary N) is 1. The second-order valence-corrected chi connectivity index (χ2v) is 6.43. The Labute approximate surface area is 134 Å². The van der Waals surface area contributed by atoms with Crippen molar-refractivity contribution in [1.82, 2.24) is 14.9 Å². The monoisotopic (exact) mass is 319 g/mol. The quantitative estimate of drug-likeness (QED) is 0.652. The van der Waals surface area contributed by atoms with Gasteiger partial charge in [-0.25, -0.2) is 4.68 Å². The highest BCUT2D eigenvalue weighted by Crippen LogP contribution is 2.23. The lowest BCUT2D eigenvalue weighted by molar-refractivity contribution is -0.115. The third kappa shape index (κ3) is 3.41. The number of hydrogen-bond donors (Lipinski definition) is 2. The number of nitrogen functional groups attached to an aromatic ring is 1. The first kappa shape index (κ1) is 16.4. The SMILES string of the molecule is CCc1nnc(SC(C)C(=O)Nc2cccc(C)c2C)n1N. The highest BCUT2D eigenvalue weighted by molar-refractivity contribution is 8.00. The molecule has 1 atom stereocenters. The third-order valence-electron chi connectivity index (χ3n) is 3.57. The number of carbonyl (C=O) groups excluding carboxylic acids is 1. The number of benzene rings is 1. The molecule has 118 valence electrons. The number of aromatic nitrogens is 3. The fraction of sp³-hybridized carbons (Fsp3) is 0.400. The lowest BCUT2D eigenvalue weighted by atomic mass is 10.1. The molecule has 0 spiro atoms. The maximum atomic E-state index is 12.3. The minimum Gasteiger partial charge on any atom is -0.336 e. The molecule has 0 aliphatic heterocycles. The van der Waals surface area contributed by atoms with Gasteiger partial charge in [0.25, 0.3) is 0 Å². The molecule has 22 heavy (non-hydrogen) atoms. The maximum absolute atomic E-state index is 12.3. The number of amides is 1. The van der Waals surface area contributed by atoms with Crippen molar-refractivity contribution in [3.05, 3.63) is 35.2 Å². The second-order valence-electron chi connectivity index (χ2n) is 5.12. The van der Waals surface area contributed by atoms with E-state index in [4.69, 9.17) is 5.84 Å². The first-order valence-electron chi connectivity index (χ1n) is 7.17. The number of nitrogens with two attached hydrogens (primary N) is 1. The molecular weight excluding hydrogens is 298 g/mol. The molecule has 2 aromatic rings. The fourth-order valence-electron chi connectivity index (χ4n) is 1.96. The van der Waals surface area contributed by atoms with Crippen molar-refractivity contribution >= 4 is 23.4 Å². The Kier molecular flexibility index (Phi) is 5.07. The summed E-state index contributed by atoms with van der Waals surface area (Å²) in [7, 11) is 0. The molecule has 0 fully saturated rings. The molecule has 0 saturated carbocycles. The van der Waals surface area contributed by atoms with Gasteiger partial charge in [-0.15, -0.1) is 10.2 Å². The van der Waals surface area contributed by atoms with Crippen molar-refractivity contribution < 1.29 is 4.79 Å². The molecule has 0 bridgehead atoms. The Morgan fingerprint density at radius 3 is 2.77 bits per heavy atom. The van der Waals surface area contributed by atoms with Crippen LogP contribution in [0.3, 0.4) is 0 Å². The van der Waals surface area contributed by atoms with Gasteiger partial charge in [-0.2, -0.15) is 0 Å². The van der Waals surface area contributed by atoms with Gasteiger partial charge < -0.3 is 11.2 Å². The van der Waals surface area contributed by atoms with Gasteiger partial charge >= 0.3 is 0 Å². The minimum absolute atomic E-state index is 0.0836. The molecule has 1 aromatic carbocycles. The standard InChI is InChI=1S/C15H21N5OS/c1-5-13-18-19-15(20(13)16)22-11(4)14(21)17-12-8-6-7-9(2)10(12)3/h6-8,11H,5,16H2,1-4H3,(H,17,21). The number of anilines is 1. The molecule has 1 amide bonds. The molecule has 1 aromatic heterocycles. The molecule has 0 saturated heterocycles. The molecule has 7 heteroatoms. The van der Waals surface area contributed by atoms with Gasteiger partial charge in [0.1, 0.15) is 0 Å². The van der Waals surface area contributed by atoms with Crippen LogP contribution < -0.4 is 11.2 Å². The van der Waals surface area contributed by atoms with Crippen LogP contribution in [0.25, 0.3) is 0 Å². The van der Waals surface area contributed by atoms with Crippen LogP contribution in [-0.2, 0) is 11.2 Å². The predicted molar refractivity (Wildman–Crippen MR) is 89.4 cm³/mol. The zero-order valence-corrected chi connectivity index (χ0v) is 14.1. The van der Waals surface area contributed by atoms with Gasteiger partial charge in [-0.1, -0.05) is 30.8 Å². The smallest absolute Gasteiger partial charge is 0.237 e. The van der Waals surface area contributed by atoms with Crippen LogP contribution in [0.15, 0.2) is 23.4 Å². The average Bonchev–Trinajstić information content (AvgIpc) is 2.84. The third-order valence-corrected chi connectivity index (χ3v) is 4.62. The predicted octanol–water partition coefficient (Wildman–Crippen LogP) is 2.29. The maximum Gasteiger partial charge on any atom is 0.237 e. The molecule has 0 aliphatic rings.